The van der Waals surface area contributed by atoms with Crippen LogP contribution >= 0.6 is 0 Å². The molecule has 1 aliphatic heterocycles. The predicted octanol–water partition coefficient (Wildman–Crippen LogP) is 0.803. The van der Waals surface area contributed by atoms with Crippen LogP contribution in [0.5, 0.6) is 0 Å². The first kappa shape index (κ1) is 15.0. The van der Waals surface area contributed by atoms with Gasteiger partial charge in [0, 0.05) is 11.7 Å². The van der Waals surface area contributed by atoms with E-state index >= 15 is 0 Å². The average Bonchev–Trinajstić information content (AvgIpc) is 2.38. The van der Waals surface area contributed by atoms with Gasteiger partial charge in [0.1, 0.15) is 0 Å². The summed E-state index contributed by atoms with van der Waals surface area (Å²) in [7, 11) is -3.70. The molecule has 1 aromatic carbocycles. The van der Waals surface area contributed by atoms with Gasteiger partial charge in [-0.3, -0.25) is 4.79 Å². The summed E-state index contributed by atoms with van der Waals surface area (Å²) in [4.78, 5) is 12.1. The van der Waals surface area contributed by atoms with Crippen LogP contribution in [0.1, 0.15) is 26.2 Å². The van der Waals surface area contributed by atoms with Crippen LogP contribution < -0.4 is 15.8 Å². The first-order chi connectivity index (χ1) is 9.36. The highest BCUT2D eigenvalue weighted by atomic mass is 32.2. The molecule has 20 heavy (non-hydrogen) atoms. The summed E-state index contributed by atoms with van der Waals surface area (Å²) in [6.07, 6.45) is 2.91. The maximum atomic E-state index is 12.1. The zero-order valence-corrected chi connectivity index (χ0v) is 12.1. The normalized spacial score (nSPS) is 23.3. The van der Waals surface area contributed by atoms with Gasteiger partial charge in [-0.1, -0.05) is 0 Å². The van der Waals surface area contributed by atoms with Crippen LogP contribution in [0.3, 0.4) is 0 Å². The molecule has 6 nitrogen and oxygen atoms in total. The molecule has 0 spiro atoms. The van der Waals surface area contributed by atoms with E-state index in [1.54, 1.807) is 0 Å². The third-order valence-electron chi connectivity index (χ3n) is 3.38. The van der Waals surface area contributed by atoms with Gasteiger partial charge in [0.15, 0.2) is 0 Å². The Morgan fingerprint density at radius 2 is 1.95 bits per heavy atom. The van der Waals surface area contributed by atoms with Crippen LogP contribution in [0.2, 0.25) is 0 Å². The standard InChI is InChI=1S/C13H19N3O3S/c1-9-3-2-4-12(15-9)13(17)16-10-5-7-11(8-6-10)20(14,18)19/h5-9,12,15H,2-4H2,1H3,(H,16,17)(H2,14,18,19). The molecule has 0 aliphatic carbocycles. The van der Waals surface area contributed by atoms with E-state index in [-0.39, 0.29) is 16.8 Å². The van der Waals surface area contributed by atoms with Crippen molar-refractivity contribution in [2.45, 2.75) is 43.2 Å². The van der Waals surface area contributed by atoms with E-state index in [0.717, 1.165) is 19.3 Å². The summed E-state index contributed by atoms with van der Waals surface area (Å²) >= 11 is 0. The van der Waals surface area contributed by atoms with E-state index < -0.39 is 10.0 Å². The number of anilines is 1. The van der Waals surface area contributed by atoms with Gasteiger partial charge in [-0.15, -0.1) is 0 Å². The van der Waals surface area contributed by atoms with Gasteiger partial charge in [-0.25, -0.2) is 13.6 Å². The molecule has 1 heterocycles. The van der Waals surface area contributed by atoms with Gasteiger partial charge in [-0.05, 0) is 50.5 Å². The van der Waals surface area contributed by atoms with Crippen LogP contribution in [0.25, 0.3) is 0 Å². The Morgan fingerprint density at radius 3 is 2.50 bits per heavy atom. The quantitative estimate of drug-likeness (QED) is 0.768. The van der Waals surface area contributed by atoms with Crippen LogP contribution in [-0.4, -0.2) is 26.4 Å². The van der Waals surface area contributed by atoms with Crippen molar-refractivity contribution >= 4 is 21.6 Å². The molecule has 2 rings (SSSR count). The van der Waals surface area contributed by atoms with Crippen molar-refractivity contribution in [2.24, 2.45) is 5.14 Å². The highest BCUT2D eigenvalue weighted by Crippen LogP contribution is 2.16. The molecule has 110 valence electrons. The van der Waals surface area contributed by atoms with Crippen molar-refractivity contribution in [3.63, 3.8) is 0 Å². The lowest BCUT2D eigenvalue weighted by atomic mass is 9.99. The zero-order valence-electron chi connectivity index (χ0n) is 11.3. The molecule has 2 unspecified atom stereocenters. The highest BCUT2D eigenvalue weighted by molar-refractivity contribution is 7.89. The first-order valence-corrected chi connectivity index (χ1v) is 8.10. The Morgan fingerprint density at radius 1 is 1.30 bits per heavy atom. The maximum absolute atomic E-state index is 12.1. The van der Waals surface area contributed by atoms with E-state index in [1.807, 2.05) is 0 Å². The number of carbonyl (C=O) groups is 1. The van der Waals surface area contributed by atoms with Crippen molar-refractivity contribution < 1.29 is 13.2 Å². The maximum Gasteiger partial charge on any atom is 0.241 e. The van der Waals surface area contributed by atoms with Gasteiger partial charge in [0.2, 0.25) is 15.9 Å². The lowest BCUT2D eigenvalue weighted by molar-refractivity contribution is -0.118. The van der Waals surface area contributed by atoms with Crippen LogP contribution in [0.4, 0.5) is 5.69 Å². The smallest absolute Gasteiger partial charge is 0.241 e. The summed E-state index contributed by atoms with van der Waals surface area (Å²) in [5, 5.41) is 11.0. The highest BCUT2D eigenvalue weighted by Gasteiger charge is 2.24. The third kappa shape index (κ3) is 3.78. The number of nitrogens with one attached hydrogen (secondary N) is 2. The SMILES string of the molecule is CC1CCCC(C(=O)Nc2ccc(S(N)(=O)=O)cc2)N1. The molecule has 1 aromatic rings. The number of hydrogen-bond donors (Lipinski definition) is 3. The van der Waals surface area contributed by atoms with Gasteiger partial charge >= 0.3 is 0 Å². The van der Waals surface area contributed by atoms with Gasteiger partial charge < -0.3 is 10.6 Å². The Balaban J connectivity index is 2.01. The van der Waals surface area contributed by atoms with Crippen LogP contribution in [0.15, 0.2) is 29.2 Å². The third-order valence-corrected chi connectivity index (χ3v) is 4.31. The van der Waals surface area contributed by atoms with Crippen LogP contribution in [-0.2, 0) is 14.8 Å². The molecule has 2 atom stereocenters. The van der Waals surface area contributed by atoms with E-state index in [1.165, 1.54) is 24.3 Å². The van der Waals surface area contributed by atoms with Gasteiger partial charge in [0.05, 0.1) is 10.9 Å². The molecule has 0 bridgehead atoms. The number of nitrogens with two attached hydrogens (primary N) is 1. The van der Waals surface area contributed by atoms with E-state index in [9.17, 15) is 13.2 Å². The van der Waals surface area contributed by atoms with E-state index in [0.29, 0.717) is 11.7 Å². The molecule has 1 amide bonds. The lowest BCUT2D eigenvalue weighted by Gasteiger charge is -2.27. The van der Waals surface area contributed by atoms with Gasteiger partial charge in [0.25, 0.3) is 0 Å². The van der Waals surface area contributed by atoms with Crippen molar-refractivity contribution in [1.29, 1.82) is 0 Å². The van der Waals surface area contributed by atoms with Crippen molar-refractivity contribution in [2.75, 3.05) is 5.32 Å². The lowest BCUT2D eigenvalue weighted by Crippen LogP contribution is -2.47. The second-order valence-corrected chi connectivity index (χ2v) is 6.67. The molecule has 7 heteroatoms. The topological polar surface area (TPSA) is 101 Å². The fourth-order valence-corrected chi connectivity index (χ4v) is 2.82. The number of sulfonamides is 1. The largest absolute Gasteiger partial charge is 0.325 e. The molecule has 1 fully saturated rings. The summed E-state index contributed by atoms with van der Waals surface area (Å²) in [5.74, 6) is -0.0973. The number of benzene rings is 1. The summed E-state index contributed by atoms with van der Waals surface area (Å²) in [6.45, 7) is 2.06. The summed E-state index contributed by atoms with van der Waals surface area (Å²) in [5.41, 5.74) is 0.558. The minimum Gasteiger partial charge on any atom is -0.325 e. The number of hydrogen-bond acceptors (Lipinski definition) is 4. The molecule has 0 aromatic heterocycles. The molecule has 1 saturated heterocycles. The fourth-order valence-electron chi connectivity index (χ4n) is 2.30. The zero-order chi connectivity index (χ0) is 14.8. The van der Waals surface area contributed by atoms with Crippen LogP contribution in [0, 0.1) is 0 Å². The molecule has 4 N–H and O–H groups in total. The number of primary sulfonamides is 1. The first-order valence-electron chi connectivity index (χ1n) is 6.56. The monoisotopic (exact) mass is 297 g/mol. The van der Waals surface area contributed by atoms with Crippen molar-refractivity contribution in [3.05, 3.63) is 24.3 Å². The predicted molar refractivity (Wildman–Crippen MR) is 76.7 cm³/mol. The number of piperidine rings is 1. The van der Waals surface area contributed by atoms with E-state index in [2.05, 4.69) is 17.6 Å². The minimum absolute atomic E-state index is 0.0277. The number of amides is 1. The molecule has 0 saturated carbocycles. The summed E-state index contributed by atoms with van der Waals surface area (Å²) < 4.78 is 22.3. The molecule has 0 radical (unpaired) electrons. The number of carbonyl (C=O) groups excluding carboxylic acids is 1. The number of rotatable bonds is 3. The molecule has 1 aliphatic rings. The minimum atomic E-state index is -3.70. The van der Waals surface area contributed by atoms with Crippen molar-refractivity contribution in [1.82, 2.24) is 5.32 Å². The Labute approximate surface area is 118 Å². The van der Waals surface area contributed by atoms with Gasteiger partial charge in [-0.2, -0.15) is 0 Å². The Hall–Kier alpha value is -1.44. The van der Waals surface area contributed by atoms with E-state index in [4.69, 9.17) is 5.14 Å². The Kier molecular flexibility index (Phi) is 4.42. The molecular formula is C13H19N3O3S. The average molecular weight is 297 g/mol. The van der Waals surface area contributed by atoms with Crippen molar-refractivity contribution in [3.8, 4) is 0 Å². The fraction of sp³-hybridized carbons (Fsp3) is 0.462. The second kappa shape index (κ2) is 5.90. The summed E-state index contributed by atoms with van der Waals surface area (Å²) in [6, 6.07) is 5.96. The second-order valence-electron chi connectivity index (χ2n) is 5.11. The molecular weight excluding hydrogens is 278 g/mol. The Bertz CT molecular complexity index is 583.